The summed E-state index contributed by atoms with van der Waals surface area (Å²) in [7, 11) is 0. The quantitative estimate of drug-likeness (QED) is 0.555. The van der Waals surface area contributed by atoms with Crippen molar-refractivity contribution in [3.63, 3.8) is 0 Å². The number of amides is 1. The van der Waals surface area contributed by atoms with Crippen LogP contribution < -0.4 is 10.6 Å². The van der Waals surface area contributed by atoms with Gasteiger partial charge in [0.25, 0.3) is 0 Å². The average molecular weight is 284 g/mol. The number of aliphatic carboxylic acids is 1. The lowest BCUT2D eigenvalue weighted by atomic mass is 9.80. The summed E-state index contributed by atoms with van der Waals surface area (Å²) in [6.07, 6.45) is 5.11. The Morgan fingerprint density at radius 2 is 1.85 bits per heavy atom. The molecule has 1 aliphatic carbocycles. The zero-order valence-electron chi connectivity index (χ0n) is 11.7. The Labute approximate surface area is 118 Å². The Balaban J connectivity index is 1.91. The third kappa shape index (κ3) is 3.49. The van der Waals surface area contributed by atoms with Gasteiger partial charge >= 0.3 is 5.97 Å². The van der Waals surface area contributed by atoms with E-state index in [0.717, 1.165) is 25.7 Å². The topological polar surface area (TPSA) is 98.7 Å². The van der Waals surface area contributed by atoms with Crippen LogP contribution in [-0.4, -0.2) is 47.3 Å². The first-order valence-electron chi connectivity index (χ1n) is 7.46. The molecule has 2 fully saturated rings. The maximum Gasteiger partial charge on any atom is 0.311 e. The molecule has 0 aromatic heterocycles. The summed E-state index contributed by atoms with van der Waals surface area (Å²) in [6, 6.07) is -0.401. The van der Waals surface area contributed by atoms with Gasteiger partial charge in [0, 0.05) is 13.1 Å². The van der Waals surface area contributed by atoms with Crippen molar-refractivity contribution >= 4 is 11.9 Å². The second-order valence-corrected chi connectivity index (χ2v) is 6.07. The summed E-state index contributed by atoms with van der Waals surface area (Å²) >= 11 is 0. The fraction of sp³-hybridized carbons (Fsp3) is 0.857. The van der Waals surface area contributed by atoms with Crippen molar-refractivity contribution in [2.45, 2.75) is 57.1 Å². The molecular weight excluding hydrogens is 260 g/mol. The van der Waals surface area contributed by atoms with E-state index < -0.39 is 23.5 Å². The Kier molecular flexibility index (Phi) is 4.99. The van der Waals surface area contributed by atoms with Gasteiger partial charge in [-0.15, -0.1) is 0 Å². The van der Waals surface area contributed by atoms with E-state index in [4.69, 9.17) is 0 Å². The number of nitrogens with one attached hydrogen (secondary N) is 2. The van der Waals surface area contributed by atoms with E-state index in [2.05, 4.69) is 10.6 Å². The summed E-state index contributed by atoms with van der Waals surface area (Å²) < 4.78 is 0. The van der Waals surface area contributed by atoms with Crippen LogP contribution in [0.1, 0.15) is 44.9 Å². The SMILES string of the molecule is O=C(NCC1(C(=O)O)CCCCCC1)C1CC(O)CN1. The molecule has 6 heteroatoms. The van der Waals surface area contributed by atoms with Crippen LogP contribution in [0.4, 0.5) is 0 Å². The zero-order chi connectivity index (χ0) is 14.6. The summed E-state index contributed by atoms with van der Waals surface area (Å²) in [5.41, 5.74) is -0.816. The van der Waals surface area contributed by atoms with E-state index in [9.17, 15) is 19.8 Å². The predicted octanol–water partition coefficient (Wildman–Crippen LogP) is 0.251. The molecule has 1 amide bonds. The zero-order valence-corrected chi connectivity index (χ0v) is 11.7. The minimum Gasteiger partial charge on any atom is -0.481 e. The summed E-state index contributed by atoms with van der Waals surface area (Å²) in [5, 5.41) is 24.6. The maximum absolute atomic E-state index is 12.0. The third-order valence-corrected chi connectivity index (χ3v) is 4.54. The normalized spacial score (nSPS) is 29.6. The number of hydrogen-bond acceptors (Lipinski definition) is 4. The molecule has 1 heterocycles. The summed E-state index contributed by atoms with van der Waals surface area (Å²) in [4.78, 5) is 23.6. The van der Waals surface area contributed by atoms with Gasteiger partial charge in [0.05, 0.1) is 17.6 Å². The molecule has 0 radical (unpaired) electrons. The highest BCUT2D eigenvalue weighted by molar-refractivity contribution is 5.83. The van der Waals surface area contributed by atoms with Gasteiger partial charge in [-0.1, -0.05) is 25.7 Å². The number of carbonyl (C=O) groups is 2. The predicted molar refractivity (Wildman–Crippen MR) is 73.2 cm³/mol. The van der Waals surface area contributed by atoms with Crippen LogP contribution in [-0.2, 0) is 9.59 Å². The van der Waals surface area contributed by atoms with Crippen LogP contribution in [0.15, 0.2) is 0 Å². The van der Waals surface area contributed by atoms with Crippen LogP contribution in [0, 0.1) is 5.41 Å². The molecule has 6 nitrogen and oxygen atoms in total. The molecule has 0 spiro atoms. The Morgan fingerprint density at radius 3 is 2.35 bits per heavy atom. The molecule has 2 atom stereocenters. The Hall–Kier alpha value is -1.14. The van der Waals surface area contributed by atoms with Gasteiger partial charge in [0.15, 0.2) is 0 Å². The number of carboxylic acid groups (broad SMARTS) is 1. The van der Waals surface area contributed by atoms with E-state index in [1.807, 2.05) is 0 Å². The number of hydrogen-bond donors (Lipinski definition) is 4. The molecule has 1 saturated carbocycles. The Morgan fingerprint density at radius 1 is 1.20 bits per heavy atom. The van der Waals surface area contributed by atoms with Crippen molar-refractivity contribution < 1.29 is 19.8 Å². The minimum absolute atomic E-state index is 0.190. The number of aliphatic hydroxyl groups excluding tert-OH is 1. The third-order valence-electron chi connectivity index (χ3n) is 4.54. The molecular formula is C14H24N2O4. The lowest BCUT2D eigenvalue weighted by molar-refractivity contribution is -0.149. The molecule has 0 aromatic rings. The monoisotopic (exact) mass is 284 g/mol. The molecule has 2 rings (SSSR count). The smallest absolute Gasteiger partial charge is 0.311 e. The molecule has 20 heavy (non-hydrogen) atoms. The van der Waals surface area contributed by atoms with Crippen LogP contribution in [0.2, 0.25) is 0 Å². The van der Waals surface area contributed by atoms with Crippen LogP contribution in [0.5, 0.6) is 0 Å². The number of rotatable bonds is 4. The van der Waals surface area contributed by atoms with E-state index >= 15 is 0 Å². The van der Waals surface area contributed by atoms with Crippen molar-refractivity contribution in [1.29, 1.82) is 0 Å². The second kappa shape index (κ2) is 6.54. The molecule has 2 aliphatic rings. The lowest BCUT2D eigenvalue weighted by Gasteiger charge is -2.28. The molecule has 1 saturated heterocycles. The fourth-order valence-electron chi connectivity index (χ4n) is 3.17. The van der Waals surface area contributed by atoms with Crippen LogP contribution in [0.3, 0.4) is 0 Å². The molecule has 1 aliphatic heterocycles. The average Bonchev–Trinajstić information content (AvgIpc) is 2.71. The first-order chi connectivity index (χ1) is 9.53. The maximum atomic E-state index is 12.0. The molecule has 0 bridgehead atoms. The number of aliphatic hydroxyl groups is 1. The van der Waals surface area contributed by atoms with Crippen molar-refractivity contribution in [3.8, 4) is 0 Å². The molecule has 4 N–H and O–H groups in total. The van der Waals surface area contributed by atoms with Crippen LogP contribution in [0.25, 0.3) is 0 Å². The van der Waals surface area contributed by atoms with E-state index in [0.29, 0.717) is 25.8 Å². The molecule has 0 aromatic carbocycles. The highest BCUT2D eigenvalue weighted by Gasteiger charge is 2.39. The summed E-state index contributed by atoms with van der Waals surface area (Å²) in [6.45, 7) is 0.609. The molecule has 2 unspecified atom stereocenters. The van der Waals surface area contributed by atoms with Crippen molar-refractivity contribution in [3.05, 3.63) is 0 Å². The van der Waals surface area contributed by atoms with Crippen molar-refractivity contribution in [2.24, 2.45) is 5.41 Å². The first kappa shape index (κ1) is 15.3. The fourth-order valence-corrected chi connectivity index (χ4v) is 3.17. The number of carbonyl (C=O) groups excluding carboxylic acids is 1. The van der Waals surface area contributed by atoms with Crippen LogP contribution >= 0.6 is 0 Å². The van der Waals surface area contributed by atoms with Gasteiger partial charge in [0.1, 0.15) is 0 Å². The minimum atomic E-state index is -0.816. The number of β-amino-alcohol motifs (C(OH)–C–C–N with tert-alkyl or cyclic N) is 1. The summed E-state index contributed by atoms with van der Waals surface area (Å²) in [5.74, 6) is -1.01. The van der Waals surface area contributed by atoms with Gasteiger partial charge in [-0.3, -0.25) is 9.59 Å². The van der Waals surface area contributed by atoms with E-state index in [1.165, 1.54) is 0 Å². The Bertz CT molecular complexity index is 364. The van der Waals surface area contributed by atoms with Gasteiger partial charge in [-0.05, 0) is 19.3 Å². The van der Waals surface area contributed by atoms with E-state index in [-0.39, 0.29) is 12.5 Å². The van der Waals surface area contributed by atoms with Gasteiger partial charge in [0.2, 0.25) is 5.91 Å². The van der Waals surface area contributed by atoms with Crippen molar-refractivity contribution in [1.82, 2.24) is 10.6 Å². The first-order valence-corrected chi connectivity index (χ1v) is 7.46. The van der Waals surface area contributed by atoms with Gasteiger partial charge in [-0.2, -0.15) is 0 Å². The highest BCUT2D eigenvalue weighted by atomic mass is 16.4. The lowest BCUT2D eigenvalue weighted by Crippen LogP contribution is -2.47. The van der Waals surface area contributed by atoms with E-state index in [1.54, 1.807) is 0 Å². The largest absolute Gasteiger partial charge is 0.481 e. The number of carboxylic acids is 1. The van der Waals surface area contributed by atoms with Crippen molar-refractivity contribution in [2.75, 3.05) is 13.1 Å². The highest BCUT2D eigenvalue weighted by Crippen LogP contribution is 2.34. The van der Waals surface area contributed by atoms with Gasteiger partial charge in [-0.25, -0.2) is 0 Å². The standard InChI is InChI=1S/C14H24N2O4/c17-10-7-11(15-8-10)12(18)16-9-14(13(19)20)5-3-1-2-4-6-14/h10-11,15,17H,1-9H2,(H,16,18)(H,19,20). The molecule has 114 valence electrons. The second-order valence-electron chi connectivity index (χ2n) is 6.07. The van der Waals surface area contributed by atoms with Gasteiger partial charge < -0.3 is 20.8 Å².